The van der Waals surface area contributed by atoms with Crippen molar-refractivity contribution >= 4 is 25.8 Å². The quantitative estimate of drug-likeness (QED) is 0.228. The molecular formula is C20H32O11P2. The van der Waals surface area contributed by atoms with Crippen molar-refractivity contribution in [2.24, 2.45) is 0 Å². The van der Waals surface area contributed by atoms with Crippen molar-refractivity contribution in [3.63, 3.8) is 0 Å². The minimum absolute atomic E-state index is 0. The molecule has 0 radical (unpaired) electrons. The molecule has 0 heterocycles. The van der Waals surface area contributed by atoms with E-state index in [4.69, 9.17) is 14.2 Å². The van der Waals surface area contributed by atoms with Gasteiger partial charge >= 0.3 is 15.2 Å². The van der Waals surface area contributed by atoms with E-state index in [1.54, 1.807) is 12.1 Å². The lowest BCUT2D eigenvalue weighted by molar-refractivity contribution is 0.0768. The molecule has 0 bridgehead atoms. The van der Waals surface area contributed by atoms with Crippen LogP contribution < -0.4 is 20.1 Å². The minimum Gasteiger partial charge on any atom is -0.490 e. The molecule has 8 N–H and O–H groups in total. The molecule has 188 valence electrons. The Morgan fingerprint density at radius 1 is 0.667 bits per heavy atom. The monoisotopic (exact) mass is 510 g/mol. The zero-order valence-electron chi connectivity index (χ0n) is 18.4. The Morgan fingerprint density at radius 2 is 1.03 bits per heavy atom. The van der Waals surface area contributed by atoms with Gasteiger partial charge < -0.3 is 44.7 Å². The van der Waals surface area contributed by atoms with Crippen LogP contribution in [-0.4, -0.2) is 57.0 Å². The van der Waals surface area contributed by atoms with Gasteiger partial charge in [-0.05, 0) is 48.2 Å². The number of hydrogen-bond acceptors (Lipinski definition) is 5. The fraction of sp³-hybridized carbons (Fsp3) is 0.400. The fourth-order valence-electron chi connectivity index (χ4n) is 2.79. The van der Waals surface area contributed by atoms with Crippen LogP contribution in [0.25, 0.3) is 0 Å². The van der Waals surface area contributed by atoms with Crippen LogP contribution in [0.1, 0.15) is 25.0 Å². The van der Waals surface area contributed by atoms with Crippen molar-refractivity contribution in [1.82, 2.24) is 0 Å². The predicted molar refractivity (Wildman–Crippen MR) is 124 cm³/mol. The van der Waals surface area contributed by atoms with Gasteiger partial charge in [-0.25, -0.2) is 0 Å². The number of benzene rings is 2. The van der Waals surface area contributed by atoms with E-state index in [9.17, 15) is 28.7 Å². The van der Waals surface area contributed by atoms with Gasteiger partial charge in [-0.1, -0.05) is 26.0 Å². The normalized spacial score (nSPS) is 11.3. The van der Waals surface area contributed by atoms with Gasteiger partial charge in [0.05, 0.1) is 13.2 Å². The standard InChI is InChI=1S/C20H28O9P2.2H2O/c1-3-15-5-7-17(19(13-15)30(21,22)23)28-11-9-27-10-12-29-18-8-6-16(4-2)14-20(18)31(24,25)26;;/h5-8,13-14H,3-4,9-12H2,1-2H3,(H2,21,22,23)(H2,24,25,26);2*1H2. The van der Waals surface area contributed by atoms with Gasteiger partial charge in [-0.2, -0.15) is 0 Å². The van der Waals surface area contributed by atoms with Gasteiger partial charge in [0, 0.05) is 0 Å². The Hall–Kier alpha value is -1.78. The van der Waals surface area contributed by atoms with Crippen LogP contribution in [-0.2, 0) is 26.7 Å². The van der Waals surface area contributed by atoms with Crippen molar-refractivity contribution in [3.8, 4) is 11.5 Å². The third-order valence-corrected chi connectivity index (χ3v) is 6.42. The van der Waals surface area contributed by atoms with Crippen LogP contribution >= 0.6 is 15.2 Å². The molecule has 0 amide bonds. The summed E-state index contributed by atoms with van der Waals surface area (Å²) >= 11 is 0. The molecule has 0 aliphatic carbocycles. The average Bonchev–Trinajstić information content (AvgIpc) is 2.71. The van der Waals surface area contributed by atoms with Crippen LogP contribution in [0.3, 0.4) is 0 Å². The first-order chi connectivity index (χ1) is 14.6. The molecule has 13 heteroatoms. The molecule has 0 saturated heterocycles. The van der Waals surface area contributed by atoms with E-state index in [1.165, 1.54) is 24.3 Å². The minimum atomic E-state index is -4.47. The van der Waals surface area contributed by atoms with Crippen molar-refractivity contribution in [1.29, 1.82) is 0 Å². The van der Waals surface area contributed by atoms with Gasteiger partial charge in [0.1, 0.15) is 35.3 Å². The second kappa shape index (κ2) is 13.8. The molecule has 0 saturated carbocycles. The Labute approximate surface area is 192 Å². The first kappa shape index (κ1) is 31.2. The molecule has 0 aliphatic rings. The predicted octanol–water partition coefficient (Wildman–Crippen LogP) is 0.242. The van der Waals surface area contributed by atoms with Crippen LogP contribution in [0.5, 0.6) is 11.5 Å². The summed E-state index contributed by atoms with van der Waals surface area (Å²) in [6, 6.07) is 9.41. The molecule has 0 spiro atoms. The number of rotatable bonds is 12. The van der Waals surface area contributed by atoms with Gasteiger partial charge in [-0.3, -0.25) is 9.13 Å². The highest BCUT2D eigenvalue weighted by Crippen LogP contribution is 2.38. The summed E-state index contributed by atoms with van der Waals surface area (Å²) in [4.78, 5) is 38.0. The highest BCUT2D eigenvalue weighted by Gasteiger charge is 2.24. The van der Waals surface area contributed by atoms with Gasteiger partial charge in [0.15, 0.2) is 0 Å². The SMILES string of the molecule is CCc1ccc(OCCOCCOc2ccc(CC)cc2P(=O)(O)O)c(P(=O)(O)O)c1.O.O. The number of ether oxygens (including phenoxy) is 3. The maximum Gasteiger partial charge on any atom is 0.359 e. The van der Waals surface area contributed by atoms with Crippen molar-refractivity contribution in [2.45, 2.75) is 26.7 Å². The maximum atomic E-state index is 11.7. The molecule has 0 unspecified atom stereocenters. The summed E-state index contributed by atoms with van der Waals surface area (Å²) in [6.07, 6.45) is 1.28. The summed E-state index contributed by atoms with van der Waals surface area (Å²) in [7, 11) is -8.94. The average molecular weight is 510 g/mol. The summed E-state index contributed by atoms with van der Waals surface area (Å²) in [5.41, 5.74) is 1.58. The van der Waals surface area contributed by atoms with E-state index in [2.05, 4.69) is 0 Å². The number of hydrogen-bond donors (Lipinski definition) is 4. The Bertz CT molecular complexity index is 891. The third-order valence-electron chi connectivity index (χ3n) is 4.46. The van der Waals surface area contributed by atoms with Crippen LogP contribution in [0.4, 0.5) is 0 Å². The molecule has 2 aromatic rings. The molecule has 11 nitrogen and oxygen atoms in total. The van der Waals surface area contributed by atoms with Crippen molar-refractivity contribution in [3.05, 3.63) is 47.5 Å². The molecule has 2 rings (SSSR count). The van der Waals surface area contributed by atoms with E-state index < -0.39 is 15.2 Å². The summed E-state index contributed by atoms with van der Waals surface area (Å²) in [6.45, 7) is 4.18. The van der Waals surface area contributed by atoms with Crippen LogP contribution in [0.15, 0.2) is 36.4 Å². The van der Waals surface area contributed by atoms with E-state index in [0.717, 1.165) is 11.1 Å². The molecule has 0 fully saturated rings. The zero-order chi connectivity index (χ0) is 23.1. The Morgan fingerprint density at radius 3 is 1.33 bits per heavy atom. The maximum absolute atomic E-state index is 11.7. The van der Waals surface area contributed by atoms with Crippen LogP contribution in [0, 0.1) is 0 Å². The molecule has 33 heavy (non-hydrogen) atoms. The Balaban J connectivity index is 0.00000512. The van der Waals surface area contributed by atoms with E-state index >= 15 is 0 Å². The first-order valence-corrected chi connectivity index (χ1v) is 13.0. The highest BCUT2D eigenvalue weighted by molar-refractivity contribution is 7.60. The van der Waals surface area contributed by atoms with Crippen molar-refractivity contribution < 1.29 is 53.9 Å². The number of aryl methyl sites for hydroxylation is 2. The smallest absolute Gasteiger partial charge is 0.359 e. The second-order valence-electron chi connectivity index (χ2n) is 6.71. The fourth-order valence-corrected chi connectivity index (χ4v) is 4.31. The summed E-state index contributed by atoms with van der Waals surface area (Å²) < 4.78 is 39.7. The second-order valence-corrected chi connectivity index (χ2v) is 9.85. The molecule has 0 aliphatic heterocycles. The van der Waals surface area contributed by atoms with Crippen molar-refractivity contribution in [2.75, 3.05) is 26.4 Å². The van der Waals surface area contributed by atoms with Gasteiger partial charge in [0.2, 0.25) is 0 Å². The Kier molecular flexibility index (Phi) is 13.1. The molecule has 0 atom stereocenters. The molecule has 0 aromatic heterocycles. The lowest BCUT2D eigenvalue weighted by Crippen LogP contribution is -2.17. The van der Waals surface area contributed by atoms with E-state index in [1.807, 2.05) is 13.8 Å². The van der Waals surface area contributed by atoms with Crippen LogP contribution in [0.2, 0.25) is 0 Å². The third kappa shape index (κ3) is 9.54. The highest BCUT2D eigenvalue weighted by atomic mass is 31.2. The van der Waals surface area contributed by atoms with Gasteiger partial charge in [0.25, 0.3) is 0 Å². The van der Waals surface area contributed by atoms with E-state index in [-0.39, 0.29) is 59.5 Å². The summed E-state index contributed by atoms with van der Waals surface area (Å²) in [5, 5.41) is -0.314. The lowest BCUT2D eigenvalue weighted by atomic mass is 10.2. The van der Waals surface area contributed by atoms with Gasteiger partial charge in [-0.15, -0.1) is 0 Å². The summed E-state index contributed by atoms with van der Waals surface area (Å²) in [5.74, 6) is 0.209. The first-order valence-electron chi connectivity index (χ1n) is 9.77. The lowest BCUT2D eigenvalue weighted by Gasteiger charge is -2.15. The molecular weight excluding hydrogens is 478 g/mol. The largest absolute Gasteiger partial charge is 0.490 e. The zero-order valence-corrected chi connectivity index (χ0v) is 20.2. The van der Waals surface area contributed by atoms with E-state index in [0.29, 0.717) is 12.8 Å². The topological polar surface area (TPSA) is 206 Å². The molecule has 2 aromatic carbocycles.